The molecule has 4 aromatic heterocycles. The van der Waals surface area contributed by atoms with Gasteiger partial charge in [0.15, 0.2) is 0 Å². The number of hydrogen-bond acceptors (Lipinski definition) is 4. The molecular weight excluding hydrogens is 384 g/mol. The summed E-state index contributed by atoms with van der Waals surface area (Å²) < 4.78 is 2.11. The highest BCUT2D eigenvalue weighted by molar-refractivity contribution is 5.83. The predicted octanol–water partition coefficient (Wildman–Crippen LogP) is 5.55. The molecule has 5 nitrogen and oxygen atoms in total. The lowest BCUT2D eigenvalue weighted by molar-refractivity contribution is 0.112. The van der Waals surface area contributed by atoms with E-state index in [1.807, 2.05) is 55.6 Å². The lowest BCUT2D eigenvalue weighted by Gasteiger charge is -2.08. The molecule has 5 heteroatoms. The summed E-state index contributed by atoms with van der Waals surface area (Å²) in [5.74, 6) is 0. The van der Waals surface area contributed by atoms with Crippen molar-refractivity contribution in [1.29, 1.82) is 0 Å². The minimum Gasteiger partial charge on any atom is -0.299 e. The fourth-order valence-corrected chi connectivity index (χ4v) is 3.80. The maximum Gasteiger partial charge on any atom is 0.150 e. The van der Waals surface area contributed by atoms with E-state index in [-0.39, 0.29) is 0 Å². The van der Waals surface area contributed by atoms with Crippen molar-refractivity contribution < 1.29 is 4.79 Å². The topological polar surface area (TPSA) is 60.2 Å². The van der Waals surface area contributed by atoms with Gasteiger partial charge in [0.05, 0.1) is 17.1 Å². The van der Waals surface area contributed by atoms with Gasteiger partial charge in [0.1, 0.15) is 17.6 Å². The molecule has 4 heterocycles. The molecule has 5 aromatic rings. The van der Waals surface area contributed by atoms with Crippen LogP contribution in [0.15, 0.2) is 79.1 Å². The Balaban J connectivity index is 1.74. The number of hydrogen-bond donors (Lipinski definition) is 0. The summed E-state index contributed by atoms with van der Waals surface area (Å²) in [5.41, 5.74) is 9.04. The third kappa shape index (κ3) is 3.40. The number of imidazole rings is 1. The van der Waals surface area contributed by atoms with E-state index in [4.69, 9.17) is 9.97 Å². The summed E-state index contributed by atoms with van der Waals surface area (Å²) in [6.45, 7) is 4.05. The highest BCUT2D eigenvalue weighted by Crippen LogP contribution is 2.34. The Kier molecular flexibility index (Phi) is 4.64. The standard InChI is InChI=1S/C26H20N4O/c1-17-5-4-14-30-25(24(29-26(17)30)22-7-3-6-18(2)28-22)21-12-13-27-23(15-21)20-10-8-19(16-31)9-11-20/h3-16H,1-2H3. The summed E-state index contributed by atoms with van der Waals surface area (Å²) in [4.78, 5) is 25.2. The molecule has 31 heavy (non-hydrogen) atoms. The first-order valence-electron chi connectivity index (χ1n) is 10.1. The first-order valence-corrected chi connectivity index (χ1v) is 10.1. The van der Waals surface area contributed by atoms with Crippen molar-refractivity contribution in [2.24, 2.45) is 0 Å². The molecule has 0 N–H and O–H groups in total. The van der Waals surface area contributed by atoms with E-state index in [1.54, 1.807) is 18.3 Å². The van der Waals surface area contributed by atoms with E-state index in [0.717, 1.165) is 57.1 Å². The van der Waals surface area contributed by atoms with Crippen LogP contribution in [-0.4, -0.2) is 25.6 Å². The van der Waals surface area contributed by atoms with Gasteiger partial charge in [0.2, 0.25) is 0 Å². The first kappa shape index (κ1) is 18.9. The summed E-state index contributed by atoms with van der Waals surface area (Å²) in [6, 6.07) is 21.6. The maximum absolute atomic E-state index is 11.0. The number of aromatic nitrogens is 4. The fourth-order valence-electron chi connectivity index (χ4n) is 3.80. The van der Waals surface area contributed by atoms with Crippen LogP contribution in [0.5, 0.6) is 0 Å². The summed E-state index contributed by atoms with van der Waals surface area (Å²) in [7, 11) is 0. The van der Waals surface area contributed by atoms with Gasteiger partial charge in [0.25, 0.3) is 0 Å². The molecule has 0 saturated heterocycles. The van der Waals surface area contributed by atoms with Gasteiger partial charge in [0, 0.05) is 34.8 Å². The van der Waals surface area contributed by atoms with E-state index < -0.39 is 0 Å². The van der Waals surface area contributed by atoms with Crippen molar-refractivity contribution in [1.82, 2.24) is 19.4 Å². The number of pyridine rings is 3. The molecule has 0 aliphatic carbocycles. The number of aryl methyl sites for hydroxylation is 2. The predicted molar refractivity (Wildman–Crippen MR) is 122 cm³/mol. The van der Waals surface area contributed by atoms with Gasteiger partial charge >= 0.3 is 0 Å². The van der Waals surface area contributed by atoms with Gasteiger partial charge < -0.3 is 0 Å². The Labute approximate surface area is 180 Å². The highest BCUT2D eigenvalue weighted by atomic mass is 16.1. The van der Waals surface area contributed by atoms with Gasteiger partial charge in [-0.2, -0.15) is 0 Å². The van der Waals surface area contributed by atoms with Crippen LogP contribution in [0.25, 0.3) is 39.5 Å². The van der Waals surface area contributed by atoms with Gasteiger partial charge in [-0.3, -0.25) is 19.2 Å². The van der Waals surface area contributed by atoms with Gasteiger partial charge in [-0.1, -0.05) is 36.4 Å². The third-order valence-electron chi connectivity index (χ3n) is 5.35. The average molecular weight is 404 g/mol. The van der Waals surface area contributed by atoms with E-state index >= 15 is 0 Å². The second kappa shape index (κ2) is 7.61. The molecule has 0 radical (unpaired) electrons. The van der Waals surface area contributed by atoms with Crippen molar-refractivity contribution in [3.63, 3.8) is 0 Å². The molecule has 0 amide bonds. The van der Waals surface area contributed by atoms with Crippen molar-refractivity contribution >= 4 is 11.9 Å². The monoisotopic (exact) mass is 404 g/mol. The van der Waals surface area contributed by atoms with Crippen LogP contribution in [0.4, 0.5) is 0 Å². The van der Waals surface area contributed by atoms with E-state index in [0.29, 0.717) is 5.56 Å². The number of aldehydes is 1. The molecule has 0 saturated carbocycles. The lowest BCUT2D eigenvalue weighted by Crippen LogP contribution is -1.94. The molecule has 5 rings (SSSR count). The molecule has 1 aromatic carbocycles. The Morgan fingerprint density at radius 2 is 1.68 bits per heavy atom. The second-order valence-corrected chi connectivity index (χ2v) is 7.53. The Bertz CT molecular complexity index is 1420. The molecule has 0 unspecified atom stereocenters. The smallest absolute Gasteiger partial charge is 0.150 e. The molecule has 0 fully saturated rings. The zero-order valence-electron chi connectivity index (χ0n) is 17.3. The van der Waals surface area contributed by atoms with Gasteiger partial charge in [-0.25, -0.2) is 4.98 Å². The number of carbonyl (C=O) groups is 1. The van der Waals surface area contributed by atoms with Crippen molar-refractivity contribution in [2.75, 3.05) is 0 Å². The van der Waals surface area contributed by atoms with Crippen molar-refractivity contribution in [3.8, 4) is 33.9 Å². The Morgan fingerprint density at radius 1 is 0.839 bits per heavy atom. The molecule has 0 aliphatic rings. The number of nitrogens with zero attached hydrogens (tertiary/aromatic N) is 4. The lowest BCUT2D eigenvalue weighted by atomic mass is 10.0. The SMILES string of the molecule is Cc1cccc(-c2nc3c(C)cccn3c2-c2ccnc(-c3ccc(C=O)cc3)c2)n1. The summed E-state index contributed by atoms with van der Waals surface area (Å²) >= 11 is 0. The van der Waals surface area contributed by atoms with Crippen molar-refractivity contribution in [2.45, 2.75) is 13.8 Å². The largest absolute Gasteiger partial charge is 0.299 e. The average Bonchev–Trinajstić information content (AvgIpc) is 3.20. The third-order valence-corrected chi connectivity index (χ3v) is 5.35. The molecule has 0 spiro atoms. The number of rotatable bonds is 4. The van der Waals surface area contributed by atoms with E-state index in [9.17, 15) is 4.79 Å². The highest BCUT2D eigenvalue weighted by Gasteiger charge is 2.18. The quantitative estimate of drug-likeness (QED) is 0.368. The minimum atomic E-state index is 0.643. The molecule has 0 bridgehead atoms. The zero-order chi connectivity index (χ0) is 21.4. The Hall–Kier alpha value is -4.12. The van der Waals surface area contributed by atoms with Crippen LogP contribution in [0.3, 0.4) is 0 Å². The van der Waals surface area contributed by atoms with Gasteiger partial charge in [-0.05, 0) is 49.7 Å². The first-order chi connectivity index (χ1) is 15.1. The minimum absolute atomic E-state index is 0.643. The van der Waals surface area contributed by atoms with Crippen LogP contribution in [0.2, 0.25) is 0 Å². The number of carbonyl (C=O) groups excluding carboxylic acids is 1. The second-order valence-electron chi connectivity index (χ2n) is 7.53. The maximum atomic E-state index is 11.0. The van der Waals surface area contributed by atoms with Crippen LogP contribution >= 0.6 is 0 Å². The zero-order valence-corrected chi connectivity index (χ0v) is 17.3. The molecule has 150 valence electrons. The van der Waals surface area contributed by atoms with Crippen LogP contribution in [-0.2, 0) is 0 Å². The molecule has 0 aliphatic heterocycles. The van der Waals surface area contributed by atoms with Crippen LogP contribution < -0.4 is 0 Å². The number of benzene rings is 1. The molecular formula is C26H20N4O. The van der Waals surface area contributed by atoms with Gasteiger partial charge in [-0.15, -0.1) is 0 Å². The van der Waals surface area contributed by atoms with Crippen LogP contribution in [0, 0.1) is 13.8 Å². The normalized spacial score (nSPS) is 11.0. The van der Waals surface area contributed by atoms with Crippen LogP contribution in [0.1, 0.15) is 21.6 Å². The Morgan fingerprint density at radius 3 is 2.45 bits per heavy atom. The van der Waals surface area contributed by atoms with Crippen molar-refractivity contribution in [3.05, 3.63) is 95.9 Å². The van der Waals surface area contributed by atoms with E-state index in [2.05, 4.69) is 28.4 Å². The van der Waals surface area contributed by atoms with E-state index in [1.165, 1.54) is 0 Å². The fraction of sp³-hybridized carbons (Fsp3) is 0.0769. The summed E-state index contributed by atoms with van der Waals surface area (Å²) in [6.07, 6.45) is 4.68. The number of fused-ring (bicyclic) bond motifs is 1. The summed E-state index contributed by atoms with van der Waals surface area (Å²) in [5, 5.41) is 0. The molecule has 0 atom stereocenters.